The van der Waals surface area contributed by atoms with Gasteiger partial charge < -0.3 is 20.8 Å². The van der Waals surface area contributed by atoms with Crippen molar-refractivity contribution in [3.63, 3.8) is 0 Å². The maximum Gasteiger partial charge on any atom is 0.243 e. The number of anilines is 1. The normalized spacial score (nSPS) is 11.7. The summed E-state index contributed by atoms with van der Waals surface area (Å²) >= 11 is 0. The fraction of sp³-hybridized carbons (Fsp3) is 0.286. The lowest BCUT2D eigenvalue weighted by Gasteiger charge is -2.15. The summed E-state index contributed by atoms with van der Waals surface area (Å²) in [6.07, 6.45) is 0.597. The van der Waals surface area contributed by atoms with Crippen molar-refractivity contribution < 1.29 is 14.0 Å². The average Bonchev–Trinajstić information content (AvgIpc) is 3.07. The van der Waals surface area contributed by atoms with Crippen molar-refractivity contribution in [1.82, 2.24) is 10.3 Å². The van der Waals surface area contributed by atoms with E-state index in [0.29, 0.717) is 23.6 Å². The van der Waals surface area contributed by atoms with Gasteiger partial charge in [0.25, 0.3) is 0 Å². The largest absolute Gasteiger partial charge is 0.440 e. The number of aromatic nitrogens is 1. The molecule has 3 rings (SSSR count). The van der Waals surface area contributed by atoms with Crippen LogP contribution in [0.3, 0.4) is 0 Å². The molecule has 1 aromatic heterocycles. The van der Waals surface area contributed by atoms with Crippen molar-refractivity contribution in [3.8, 4) is 0 Å². The Morgan fingerprint density at radius 1 is 1.14 bits per heavy atom. The summed E-state index contributed by atoms with van der Waals surface area (Å²) in [6, 6.07) is 14.5. The Morgan fingerprint density at radius 3 is 2.55 bits per heavy atom. The first-order chi connectivity index (χ1) is 13.4. The van der Waals surface area contributed by atoms with Gasteiger partial charge in [0.15, 0.2) is 11.5 Å². The molecule has 7 nitrogen and oxygen atoms in total. The summed E-state index contributed by atoms with van der Waals surface area (Å²) in [6.45, 7) is 3.55. The minimum absolute atomic E-state index is 0. The molecule has 0 saturated carbocycles. The van der Waals surface area contributed by atoms with Crippen LogP contribution in [0.2, 0.25) is 0 Å². The number of carbonyl (C=O) groups is 2. The molecule has 0 spiro atoms. The summed E-state index contributed by atoms with van der Waals surface area (Å²) in [5, 5.41) is 5.27. The molecular weight excluding hydrogens is 392 g/mol. The lowest BCUT2D eigenvalue weighted by molar-refractivity contribution is -0.125. The molecule has 2 amide bonds. The molecule has 3 aromatic rings. The van der Waals surface area contributed by atoms with Gasteiger partial charge in [0.2, 0.25) is 11.8 Å². The third-order valence-corrected chi connectivity index (χ3v) is 4.36. The van der Waals surface area contributed by atoms with Gasteiger partial charge in [0.05, 0.1) is 12.6 Å². The zero-order valence-corrected chi connectivity index (χ0v) is 17.2. The van der Waals surface area contributed by atoms with E-state index in [1.54, 1.807) is 18.2 Å². The number of benzene rings is 2. The molecule has 0 aliphatic carbocycles. The Kier molecular flexibility index (Phi) is 7.75. The number of fused-ring (bicyclic) bond motifs is 1. The van der Waals surface area contributed by atoms with E-state index in [9.17, 15) is 9.59 Å². The van der Waals surface area contributed by atoms with E-state index in [1.165, 1.54) is 0 Å². The number of nitrogens with zero attached hydrogens (tertiary/aromatic N) is 1. The number of oxazole rings is 1. The first-order valence-electron chi connectivity index (χ1n) is 9.19. The van der Waals surface area contributed by atoms with Crippen LogP contribution in [-0.2, 0) is 16.0 Å². The highest BCUT2D eigenvalue weighted by molar-refractivity contribution is 5.96. The fourth-order valence-corrected chi connectivity index (χ4v) is 2.69. The molecule has 0 saturated heterocycles. The first kappa shape index (κ1) is 22.4. The minimum atomic E-state index is -0.638. The van der Waals surface area contributed by atoms with Gasteiger partial charge in [-0.3, -0.25) is 9.59 Å². The number of rotatable bonds is 7. The van der Waals surface area contributed by atoms with Crippen molar-refractivity contribution in [1.29, 1.82) is 0 Å². The van der Waals surface area contributed by atoms with Gasteiger partial charge in [-0.25, -0.2) is 4.98 Å². The van der Waals surface area contributed by atoms with Crippen molar-refractivity contribution in [2.24, 2.45) is 11.7 Å². The topological polar surface area (TPSA) is 110 Å². The SMILES string of the molecule is CC(C)[C@H](N)C(=O)NCC(=O)Nc1ccc2nc(Cc3ccccc3)oc2c1.Cl. The lowest BCUT2D eigenvalue weighted by Crippen LogP contribution is -2.46. The number of amides is 2. The van der Waals surface area contributed by atoms with Crippen LogP contribution in [0.1, 0.15) is 25.3 Å². The average molecular weight is 417 g/mol. The monoisotopic (exact) mass is 416 g/mol. The van der Waals surface area contributed by atoms with E-state index in [2.05, 4.69) is 15.6 Å². The zero-order valence-electron chi connectivity index (χ0n) is 16.3. The molecule has 0 bridgehead atoms. The second-order valence-electron chi connectivity index (χ2n) is 6.99. The van der Waals surface area contributed by atoms with Crippen molar-refractivity contribution in [3.05, 3.63) is 60.0 Å². The first-order valence-corrected chi connectivity index (χ1v) is 9.19. The van der Waals surface area contributed by atoms with E-state index < -0.39 is 6.04 Å². The van der Waals surface area contributed by atoms with Gasteiger partial charge in [-0.05, 0) is 23.6 Å². The van der Waals surface area contributed by atoms with Crippen LogP contribution < -0.4 is 16.4 Å². The molecule has 29 heavy (non-hydrogen) atoms. The van der Waals surface area contributed by atoms with Gasteiger partial charge >= 0.3 is 0 Å². The van der Waals surface area contributed by atoms with Gasteiger partial charge in [-0.1, -0.05) is 44.2 Å². The Bertz CT molecular complexity index is 972. The molecule has 2 aromatic carbocycles. The van der Waals surface area contributed by atoms with Gasteiger partial charge in [-0.15, -0.1) is 12.4 Å². The maximum absolute atomic E-state index is 12.1. The molecule has 0 aliphatic rings. The highest BCUT2D eigenvalue weighted by atomic mass is 35.5. The maximum atomic E-state index is 12.1. The van der Waals surface area contributed by atoms with Crippen LogP contribution in [0.5, 0.6) is 0 Å². The van der Waals surface area contributed by atoms with E-state index in [-0.39, 0.29) is 36.7 Å². The standard InChI is InChI=1S/C21H24N4O3.ClH/c1-13(2)20(22)21(27)23-12-18(26)24-15-8-9-16-17(11-15)28-19(25-16)10-14-6-4-3-5-7-14;/h3-9,11,13,20H,10,12,22H2,1-2H3,(H,23,27)(H,24,26);1H/t20-;/m0./s1. The summed E-state index contributed by atoms with van der Waals surface area (Å²) in [4.78, 5) is 28.4. The van der Waals surface area contributed by atoms with Gasteiger partial charge in [-0.2, -0.15) is 0 Å². The van der Waals surface area contributed by atoms with E-state index in [0.717, 1.165) is 11.1 Å². The molecule has 0 aliphatic heterocycles. The minimum Gasteiger partial charge on any atom is -0.440 e. The van der Waals surface area contributed by atoms with E-state index in [1.807, 2.05) is 44.2 Å². The van der Waals surface area contributed by atoms with E-state index >= 15 is 0 Å². The molecule has 1 heterocycles. The smallest absolute Gasteiger partial charge is 0.243 e. The quantitative estimate of drug-likeness (QED) is 0.548. The molecule has 1 atom stereocenters. The predicted molar refractivity (Wildman–Crippen MR) is 115 cm³/mol. The Morgan fingerprint density at radius 2 is 1.86 bits per heavy atom. The summed E-state index contributed by atoms with van der Waals surface area (Å²) < 4.78 is 5.80. The molecule has 4 N–H and O–H groups in total. The lowest BCUT2D eigenvalue weighted by atomic mass is 10.1. The molecule has 0 fully saturated rings. The molecule has 0 radical (unpaired) electrons. The van der Waals surface area contributed by atoms with Crippen LogP contribution >= 0.6 is 12.4 Å². The Hall–Kier alpha value is -2.90. The third-order valence-electron chi connectivity index (χ3n) is 4.36. The highest BCUT2D eigenvalue weighted by Crippen LogP contribution is 2.21. The molecule has 8 heteroatoms. The van der Waals surface area contributed by atoms with Crippen molar-refractivity contribution in [2.45, 2.75) is 26.3 Å². The second-order valence-corrected chi connectivity index (χ2v) is 6.99. The molecular formula is C21H25ClN4O3. The van der Waals surface area contributed by atoms with Crippen molar-refractivity contribution >= 4 is 41.0 Å². The Balaban J connectivity index is 0.00000300. The van der Waals surface area contributed by atoms with Crippen molar-refractivity contribution in [2.75, 3.05) is 11.9 Å². The summed E-state index contributed by atoms with van der Waals surface area (Å²) in [5.41, 5.74) is 8.75. The van der Waals surface area contributed by atoms with Crippen LogP contribution in [0.15, 0.2) is 52.9 Å². The number of nitrogens with one attached hydrogen (secondary N) is 2. The van der Waals surface area contributed by atoms with Gasteiger partial charge in [0.1, 0.15) is 5.52 Å². The summed E-state index contributed by atoms with van der Waals surface area (Å²) in [5.74, 6) is -0.0734. The van der Waals surface area contributed by atoms with Crippen LogP contribution in [0.4, 0.5) is 5.69 Å². The van der Waals surface area contributed by atoms with Crippen LogP contribution in [0.25, 0.3) is 11.1 Å². The Labute approximate surface area is 175 Å². The van der Waals surface area contributed by atoms with Crippen LogP contribution in [-0.4, -0.2) is 29.4 Å². The van der Waals surface area contributed by atoms with Crippen LogP contribution in [0, 0.1) is 5.92 Å². The zero-order chi connectivity index (χ0) is 20.1. The predicted octanol–water partition coefficient (Wildman–Crippen LogP) is 2.88. The van der Waals surface area contributed by atoms with Gasteiger partial charge in [0, 0.05) is 18.2 Å². The number of hydrogen-bond acceptors (Lipinski definition) is 5. The highest BCUT2D eigenvalue weighted by Gasteiger charge is 2.17. The van der Waals surface area contributed by atoms with E-state index in [4.69, 9.17) is 10.2 Å². The third kappa shape index (κ3) is 6.04. The number of carbonyl (C=O) groups excluding carboxylic acids is 2. The number of halogens is 1. The second kappa shape index (κ2) is 10.0. The summed E-state index contributed by atoms with van der Waals surface area (Å²) in [7, 11) is 0. The number of nitrogens with two attached hydrogens (primary N) is 1. The fourth-order valence-electron chi connectivity index (χ4n) is 2.69. The molecule has 154 valence electrons. The number of hydrogen-bond donors (Lipinski definition) is 3. The molecule has 0 unspecified atom stereocenters.